The lowest BCUT2D eigenvalue weighted by Gasteiger charge is -2.52. The molecule has 3 aliphatic rings. The van der Waals surface area contributed by atoms with Crippen molar-refractivity contribution in [2.24, 2.45) is 5.41 Å². The molecule has 4 rings (SSSR count). The molecule has 0 aromatic heterocycles. The molecule has 7 nitrogen and oxygen atoms in total. The van der Waals surface area contributed by atoms with Crippen molar-refractivity contribution in [1.82, 2.24) is 9.80 Å². The molecule has 9 heteroatoms. The molecule has 2 fully saturated rings. The first-order chi connectivity index (χ1) is 13.1. The Kier molecular flexibility index (Phi) is 4.11. The normalized spacial score (nSPS) is 36.5. The van der Waals surface area contributed by atoms with Crippen LogP contribution in [0.2, 0.25) is 0 Å². The van der Waals surface area contributed by atoms with Crippen LogP contribution in [0, 0.1) is 16.7 Å². The Morgan fingerprint density at radius 2 is 1.89 bits per heavy atom. The minimum Gasteiger partial charge on any atom is -0.454 e. The first-order valence-electron chi connectivity index (χ1n) is 8.88. The summed E-state index contributed by atoms with van der Waals surface area (Å²) in [4.78, 5) is 28.9. The molecule has 0 aliphatic carbocycles. The van der Waals surface area contributed by atoms with E-state index >= 15 is 0 Å². The van der Waals surface area contributed by atoms with Crippen molar-refractivity contribution in [2.75, 3.05) is 13.8 Å². The fourth-order valence-corrected chi connectivity index (χ4v) is 5.69. The third-order valence-electron chi connectivity index (χ3n) is 6.27. The van der Waals surface area contributed by atoms with Crippen LogP contribution in [0.25, 0.3) is 0 Å². The van der Waals surface area contributed by atoms with Gasteiger partial charge in [-0.3, -0.25) is 9.59 Å². The largest absolute Gasteiger partial charge is 0.454 e. The van der Waals surface area contributed by atoms with Gasteiger partial charge in [0.15, 0.2) is 16.4 Å². The molecule has 1 aromatic carbocycles. The van der Waals surface area contributed by atoms with Crippen LogP contribution in [-0.4, -0.2) is 45.9 Å². The van der Waals surface area contributed by atoms with Crippen molar-refractivity contribution in [3.63, 3.8) is 0 Å². The van der Waals surface area contributed by atoms with E-state index in [0.717, 1.165) is 16.4 Å². The molecule has 28 heavy (non-hydrogen) atoms. The molecule has 0 saturated carbocycles. The van der Waals surface area contributed by atoms with E-state index < -0.39 is 21.9 Å². The van der Waals surface area contributed by atoms with Crippen LogP contribution in [0.3, 0.4) is 0 Å². The van der Waals surface area contributed by atoms with E-state index in [1.807, 2.05) is 6.07 Å². The lowest BCUT2D eigenvalue weighted by atomic mass is 9.77. The number of nitrogens with zero attached hydrogens (tertiary/aromatic N) is 3. The van der Waals surface area contributed by atoms with Crippen molar-refractivity contribution in [3.05, 3.63) is 23.8 Å². The second-order valence-electron chi connectivity index (χ2n) is 8.11. The highest BCUT2D eigenvalue weighted by Crippen LogP contribution is 2.59. The van der Waals surface area contributed by atoms with Gasteiger partial charge in [-0.1, -0.05) is 16.9 Å². The number of hydrogen-bond donors (Lipinski definition) is 1. The first-order valence-corrected chi connectivity index (χ1v) is 10.7. The minimum absolute atomic E-state index is 0.136. The van der Waals surface area contributed by atoms with Gasteiger partial charge in [-0.2, -0.15) is 5.26 Å². The van der Waals surface area contributed by atoms with Gasteiger partial charge in [0.2, 0.25) is 12.7 Å². The number of carbonyl (C=O) groups is 2. The molecule has 0 bridgehead atoms. The molecule has 0 unspecified atom stereocenters. The van der Waals surface area contributed by atoms with Crippen molar-refractivity contribution in [3.8, 4) is 17.6 Å². The number of ether oxygens (including phenoxy) is 2. The molecule has 2 saturated heterocycles. The summed E-state index contributed by atoms with van der Waals surface area (Å²) in [6.45, 7) is 5.37. The maximum Gasteiger partial charge on any atom is 0.261 e. The Bertz CT molecular complexity index is 934. The van der Waals surface area contributed by atoms with Gasteiger partial charge in [-0.15, -0.1) is 11.7 Å². The van der Waals surface area contributed by atoms with Gasteiger partial charge in [0, 0.05) is 13.5 Å². The monoisotopic (exact) mass is 419 g/mol. The summed E-state index contributed by atoms with van der Waals surface area (Å²) in [6.07, 6.45) is 0.248. The van der Waals surface area contributed by atoms with Crippen LogP contribution in [0.5, 0.6) is 11.5 Å². The molecule has 4 atom stereocenters. The van der Waals surface area contributed by atoms with Crippen LogP contribution < -0.4 is 9.47 Å². The number of piperazine rings is 1. The SMILES string of the molecule is CN1C(=O)[C@@]2(C)C[C@](C)(C#N)[C@H](c3ccc4c(c3)OCO4)N2C(=O)[C@]1(C)SS. The number of hydrogen-bond acceptors (Lipinski definition) is 7. The first kappa shape index (κ1) is 19.3. The fraction of sp³-hybridized carbons (Fsp3) is 0.526. The van der Waals surface area contributed by atoms with Gasteiger partial charge in [-0.25, -0.2) is 0 Å². The van der Waals surface area contributed by atoms with Gasteiger partial charge < -0.3 is 19.3 Å². The average Bonchev–Trinajstić information content (AvgIpc) is 3.24. The van der Waals surface area contributed by atoms with Crippen molar-refractivity contribution in [2.45, 2.75) is 43.6 Å². The predicted octanol–water partition coefficient (Wildman–Crippen LogP) is 2.74. The molecular weight excluding hydrogens is 398 g/mol. The van der Waals surface area contributed by atoms with Crippen molar-refractivity contribution >= 4 is 34.3 Å². The number of thiol groups is 1. The highest BCUT2D eigenvalue weighted by Gasteiger charge is 2.68. The molecule has 3 heterocycles. The van der Waals surface area contributed by atoms with Crippen LogP contribution in [0.15, 0.2) is 18.2 Å². The Balaban J connectivity index is 1.91. The van der Waals surface area contributed by atoms with Gasteiger partial charge in [0.05, 0.1) is 17.5 Å². The van der Waals surface area contributed by atoms with Gasteiger partial charge in [-0.05, 0) is 38.5 Å². The maximum atomic E-state index is 13.6. The van der Waals surface area contributed by atoms with Crippen molar-refractivity contribution in [1.29, 1.82) is 5.26 Å². The predicted molar refractivity (Wildman–Crippen MR) is 107 cm³/mol. The van der Waals surface area contributed by atoms with Crippen molar-refractivity contribution < 1.29 is 19.1 Å². The Morgan fingerprint density at radius 3 is 2.54 bits per heavy atom. The summed E-state index contributed by atoms with van der Waals surface area (Å²) in [5.41, 5.74) is -1.31. The van der Waals surface area contributed by atoms with Crippen LogP contribution >= 0.6 is 22.5 Å². The number of nitriles is 1. The Labute approximate surface area is 172 Å². The molecule has 0 N–H and O–H groups in total. The number of rotatable bonds is 2. The van der Waals surface area contributed by atoms with Crippen LogP contribution in [0.1, 0.15) is 38.8 Å². The molecule has 0 spiro atoms. The highest BCUT2D eigenvalue weighted by molar-refractivity contribution is 8.69. The maximum absolute atomic E-state index is 13.6. The summed E-state index contributed by atoms with van der Waals surface area (Å²) in [5.74, 6) is 0.768. The third kappa shape index (κ3) is 2.25. The summed E-state index contributed by atoms with van der Waals surface area (Å²) < 4.78 is 10.9. The number of likely N-dealkylation sites (N-methyl/N-ethyl adjacent to an activating group) is 1. The molecular formula is C19H21N3O4S2. The standard InChI is InChI=1S/C19H21N3O4S2/c1-17(9-20)8-18(2)15(23)21(4)19(3,28-27)16(24)22(18)14(17)11-5-6-12-13(7-11)26-10-25-12/h5-7,14,27H,8,10H2,1-4H3/t14-,17+,18+,19-/m0/s1. The Morgan fingerprint density at radius 1 is 1.21 bits per heavy atom. The summed E-state index contributed by atoms with van der Waals surface area (Å²) in [6, 6.07) is 7.19. The van der Waals surface area contributed by atoms with Gasteiger partial charge in [0.1, 0.15) is 5.54 Å². The zero-order valence-electron chi connectivity index (χ0n) is 16.1. The summed E-state index contributed by atoms with van der Waals surface area (Å²) in [5, 5.41) is 10.0. The van der Waals surface area contributed by atoms with E-state index in [1.165, 1.54) is 4.90 Å². The topological polar surface area (TPSA) is 82.9 Å². The summed E-state index contributed by atoms with van der Waals surface area (Å²) in [7, 11) is 2.64. The van der Waals surface area contributed by atoms with Crippen LogP contribution in [-0.2, 0) is 9.59 Å². The summed E-state index contributed by atoms with van der Waals surface area (Å²) >= 11 is 4.28. The van der Waals surface area contributed by atoms with E-state index in [0.29, 0.717) is 11.5 Å². The average molecular weight is 420 g/mol. The second-order valence-corrected chi connectivity index (χ2v) is 9.63. The smallest absolute Gasteiger partial charge is 0.261 e. The zero-order chi connectivity index (χ0) is 20.5. The lowest BCUT2D eigenvalue weighted by Crippen LogP contribution is -2.71. The Hall–Kier alpha value is -2.05. The number of fused-ring (bicyclic) bond motifs is 2. The van der Waals surface area contributed by atoms with E-state index in [1.54, 1.807) is 44.9 Å². The van der Waals surface area contributed by atoms with E-state index in [2.05, 4.69) is 17.7 Å². The highest BCUT2D eigenvalue weighted by atomic mass is 33.1. The second kappa shape index (κ2) is 5.97. The third-order valence-corrected chi connectivity index (χ3v) is 8.14. The molecule has 3 aliphatic heterocycles. The number of benzene rings is 1. The van der Waals surface area contributed by atoms with Gasteiger partial charge >= 0.3 is 0 Å². The van der Waals surface area contributed by atoms with Gasteiger partial charge in [0.25, 0.3) is 5.91 Å². The fourth-order valence-electron chi connectivity index (χ4n) is 4.71. The number of amides is 2. The zero-order valence-corrected chi connectivity index (χ0v) is 17.8. The molecule has 1 aromatic rings. The molecule has 0 radical (unpaired) electrons. The van der Waals surface area contributed by atoms with Crippen LogP contribution in [0.4, 0.5) is 0 Å². The minimum atomic E-state index is -1.16. The van der Waals surface area contributed by atoms with E-state index in [9.17, 15) is 14.9 Å². The lowest BCUT2D eigenvalue weighted by molar-refractivity contribution is -0.168. The molecule has 2 amide bonds. The molecule has 148 valence electrons. The number of carbonyl (C=O) groups excluding carboxylic acids is 2. The van der Waals surface area contributed by atoms with E-state index in [4.69, 9.17) is 9.47 Å². The quantitative estimate of drug-likeness (QED) is 0.586. The van der Waals surface area contributed by atoms with E-state index in [-0.39, 0.29) is 25.0 Å².